The summed E-state index contributed by atoms with van der Waals surface area (Å²) in [5.74, 6) is 1.43. The predicted octanol–water partition coefficient (Wildman–Crippen LogP) is 2.89. The van der Waals surface area contributed by atoms with Crippen LogP contribution in [0.2, 0.25) is 0 Å². The summed E-state index contributed by atoms with van der Waals surface area (Å²) in [6.07, 6.45) is 5.77. The Morgan fingerprint density at radius 1 is 1.39 bits per heavy atom. The SMILES string of the molecule is CCCn1c(C(N)C(C)CC)nc2cnccc21. The Kier molecular flexibility index (Phi) is 3.97. The number of rotatable bonds is 5. The Morgan fingerprint density at radius 3 is 2.83 bits per heavy atom. The molecule has 2 rings (SSSR count). The molecule has 0 radical (unpaired) electrons. The average Bonchev–Trinajstić information content (AvgIpc) is 2.76. The van der Waals surface area contributed by atoms with Crippen molar-refractivity contribution in [2.75, 3.05) is 0 Å². The fourth-order valence-electron chi connectivity index (χ4n) is 2.22. The van der Waals surface area contributed by atoms with Crippen LogP contribution >= 0.6 is 0 Å². The lowest BCUT2D eigenvalue weighted by Crippen LogP contribution is -2.23. The summed E-state index contributed by atoms with van der Waals surface area (Å²) in [6, 6.07) is 2.01. The number of hydrogen-bond acceptors (Lipinski definition) is 3. The molecule has 2 aromatic rings. The van der Waals surface area contributed by atoms with Crippen LogP contribution in [0.25, 0.3) is 11.0 Å². The molecule has 18 heavy (non-hydrogen) atoms. The Balaban J connectivity index is 2.51. The fraction of sp³-hybridized carbons (Fsp3) is 0.571. The summed E-state index contributed by atoms with van der Waals surface area (Å²) >= 11 is 0. The minimum absolute atomic E-state index is 0.00560. The van der Waals surface area contributed by atoms with Gasteiger partial charge in [0.1, 0.15) is 11.3 Å². The first kappa shape index (κ1) is 13.0. The maximum atomic E-state index is 6.34. The van der Waals surface area contributed by atoms with Gasteiger partial charge < -0.3 is 10.3 Å². The molecular formula is C14H22N4. The third-order valence-electron chi connectivity index (χ3n) is 3.58. The second kappa shape index (κ2) is 5.48. The minimum atomic E-state index is -0.00560. The number of aryl methyl sites for hydroxylation is 1. The van der Waals surface area contributed by atoms with Crippen LogP contribution in [-0.2, 0) is 6.54 Å². The van der Waals surface area contributed by atoms with Crippen molar-refractivity contribution in [2.24, 2.45) is 11.7 Å². The lowest BCUT2D eigenvalue weighted by molar-refractivity contribution is 0.424. The first-order chi connectivity index (χ1) is 8.69. The number of aromatic nitrogens is 3. The molecule has 0 saturated carbocycles. The highest BCUT2D eigenvalue weighted by Crippen LogP contribution is 2.25. The third-order valence-corrected chi connectivity index (χ3v) is 3.58. The number of nitrogens with zero attached hydrogens (tertiary/aromatic N) is 3. The lowest BCUT2D eigenvalue weighted by Gasteiger charge is -2.19. The van der Waals surface area contributed by atoms with Crippen molar-refractivity contribution in [3.63, 3.8) is 0 Å². The molecule has 0 aliphatic heterocycles. The third kappa shape index (κ3) is 2.25. The van der Waals surface area contributed by atoms with Gasteiger partial charge in [-0.15, -0.1) is 0 Å². The van der Waals surface area contributed by atoms with Crippen LogP contribution in [0.4, 0.5) is 0 Å². The van der Waals surface area contributed by atoms with Gasteiger partial charge in [-0.1, -0.05) is 27.2 Å². The van der Waals surface area contributed by atoms with E-state index < -0.39 is 0 Å². The van der Waals surface area contributed by atoms with Crippen molar-refractivity contribution < 1.29 is 0 Å². The van der Waals surface area contributed by atoms with E-state index in [9.17, 15) is 0 Å². The van der Waals surface area contributed by atoms with E-state index in [4.69, 9.17) is 5.73 Å². The maximum absolute atomic E-state index is 6.34. The number of imidazole rings is 1. The van der Waals surface area contributed by atoms with Crippen LogP contribution in [0.1, 0.15) is 45.5 Å². The molecule has 0 amide bonds. The van der Waals surface area contributed by atoms with E-state index in [1.807, 2.05) is 18.5 Å². The molecule has 98 valence electrons. The first-order valence-corrected chi connectivity index (χ1v) is 6.74. The molecule has 0 aromatic carbocycles. The van der Waals surface area contributed by atoms with Crippen molar-refractivity contribution in [1.82, 2.24) is 14.5 Å². The van der Waals surface area contributed by atoms with Gasteiger partial charge in [0.05, 0.1) is 17.8 Å². The Labute approximate surface area is 108 Å². The van der Waals surface area contributed by atoms with Gasteiger partial charge >= 0.3 is 0 Å². The zero-order valence-corrected chi connectivity index (χ0v) is 11.4. The number of pyridine rings is 1. The second-order valence-corrected chi connectivity index (χ2v) is 4.90. The van der Waals surface area contributed by atoms with Crippen molar-refractivity contribution in [3.05, 3.63) is 24.3 Å². The number of nitrogens with two attached hydrogens (primary N) is 1. The van der Waals surface area contributed by atoms with E-state index in [1.165, 1.54) is 0 Å². The molecule has 0 spiro atoms. The van der Waals surface area contributed by atoms with Gasteiger partial charge in [0, 0.05) is 12.7 Å². The molecule has 0 aliphatic rings. The molecular weight excluding hydrogens is 224 g/mol. The highest BCUT2D eigenvalue weighted by atomic mass is 15.1. The summed E-state index contributed by atoms with van der Waals surface area (Å²) in [5, 5.41) is 0. The van der Waals surface area contributed by atoms with E-state index in [1.54, 1.807) is 0 Å². The van der Waals surface area contributed by atoms with Crippen molar-refractivity contribution in [3.8, 4) is 0 Å². The Morgan fingerprint density at radius 2 is 2.17 bits per heavy atom. The van der Waals surface area contributed by atoms with Crippen LogP contribution in [0.3, 0.4) is 0 Å². The zero-order valence-electron chi connectivity index (χ0n) is 11.4. The monoisotopic (exact) mass is 246 g/mol. The molecule has 0 saturated heterocycles. The molecule has 4 heteroatoms. The summed E-state index contributed by atoms with van der Waals surface area (Å²) in [6.45, 7) is 7.48. The molecule has 2 unspecified atom stereocenters. The summed E-state index contributed by atoms with van der Waals surface area (Å²) in [5.41, 5.74) is 8.42. The van der Waals surface area contributed by atoms with Gasteiger partial charge in [0.2, 0.25) is 0 Å². The van der Waals surface area contributed by atoms with Crippen LogP contribution in [0, 0.1) is 5.92 Å². The number of fused-ring (bicyclic) bond motifs is 1. The maximum Gasteiger partial charge on any atom is 0.127 e. The Bertz CT molecular complexity index is 517. The van der Waals surface area contributed by atoms with Gasteiger partial charge in [-0.05, 0) is 18.4 Å². The standard InChI is InChI=1S/C14H22N4/c1-4-8-18-12-6-7-16-9-11(12)17-14(18)13(15)10(3)5-2/h6-7,9-10,13H,4-5,8,15H2,1-3H3. The first-order valence-electron chi connectivity index (χ1n) is 6.74. The molecule has 0 aliphatic carbocycles. The fourth-order valence-corrected chi connectivity index (χ4v) is 2.22. The van der Waals surface area contributed by atoms with Crippen LogP contribution in [0.5, 0.6) is 0 Å². The number of hydrogen-bond donors (Lipinski definition) is 1. The largest absolute Gasteiger partial charge is 0.327 e. The van der Waals surface area contributed by atoms with E-state index >= 15 is 0 Å². The second-order valence-electron chi connectivity index (χ2n) is 4.90. The summed E-state index contributed by atoms with van der Waals surface area (Å²) < 4.78 is 2.24. The average molecular weight is 246 g/mol. The van der Waals surface area contributed by atoms with Gasteiger partial charge in [0.15, 0.2) is 0 Å². The van der Waals surface area contributed by atoms with E-state index in [-0.39, 0.29) is 6.04 Å². The lowest BCUT2D eigenvalue weighted by atomic mass is 9.99. The van der Waals surface area contributed by atoms with Gasteiger partial charge in [0.25, 0.3) is 0 Å². The molecule has 2 N–H and O–H groups in total. The van der Waals surface area contributed by atoms with Crippen LogP contribution < -0.4 is 5.73 Å². The zero-order chi connectivity index (χ0) is 13.1. The normalized spacial score (nSPS) is 14.9. The predicted molar refractivity (Wildman–Crippen MR) is 74.2 cm³/mol. The van der Waals surface area contributed by atoms with E-state index in [0.717, 1.165) is 36.2 Å². The highest BCUT2D eigenvalue weighted by Gasteiger charge is 2.20. The van der Waals surface area contributed by atoms with E-state index in [2.05, 4.69) is 35.3 Å². The van der Waals surface area contributed by atoms with Crippen molar-refractivity contribution in [1.29, 1.82) is 0 Å². The molecule has 2 heterocycles. The molecule has 2 aromatic heterocycles. The molecule has 0 bridgehead atoms. The highest BCUT2D eigenvalue weighted by molar-refractivity contribution is 5.74. The van der Waals surface area contributed by atoms with Crippen molar-refractivity contribution in [2.45, 2.75) is 46.2 Å². The molecule has 4 nitrogen and oxygen atoms in total. The topological polar surface area (TPSA) is 56.7 Å². The van der Waals surface area contributed by atoms with Gasteiger partial charge in [-0.25, -0.2) is 4.98 Å². The van der Waals surface area contributed by atoms with Crippen molar-refractivity contribution >= 4 is 11.0 Å². The van der Waals surface area contributed by atoms with Gasteiger partial charge in [-0.3, -0.25) is 4.98 Å². The smallest absolute Gasteiger partial charge is 0.127 e. The van der Waals surface area contributed by atoms with Crippen LogP contribution in [-0.4, -0.2) is 14.5 Å². The Hall–Kier alpha value is -1.42. The van der Waals surface area contributed by atoms with Crippen LogP contribution in [0.15, 0.2) is 18.5 Å². The summed E-state index contributed by atoms with van der Waals surface area (Å²) in [4.78, 5) is 8.81. The molecule has 0 fully saturated rings. The van der Waals surface area contributed by atoms with E-state index in [0.29, 0.717) is 5.92 Å². The molecule has 2 atom stereocenters. The quantitative estimate of drug-likeness (QED) is 0.882. The minimum Gasteiger partial charge on any atom is -0.327 e. The van der Waals surface area contributed by atoms with Gasteiger partial charge in [-0.2, -0.15) is 0 Å². The summed E-state index contributed by atoms with van der Waals surface area (Å²) in [7, 11) is 0.